The monoisotopic (exact) mass is 602 g/mol. The third-order valence-corrected chi connectivity index (χ3v) is 6.66. The van der Waals surface area contributed by atoms with Crippen LogP contribution in [0.4, 0.5) is 11.4 Å². The zero-order chi connectivity index (χ0) is 29.6. The second-order valence-corrected chi connectivity index (χ2v) is 9.56. The van der Waals surface area contributed by atoms with Gasteiger partial charge in [0.2, 0.25) is 0 Å². The molecule has 2 aliphatic heterocycles. The minimum Gasteiger partial charge on any atom is -0.368 e. The summed E-state index contributed by atoms with van der Waals surface area (Å²) < 4.78 is 0. The van der Waals surface area contributed by atoms with E-state index < -0.39 is 11.8 Å². The molecule has 3 aromatic carbocycles. The zero-order valence-corrected chi connectivity index (χ0v) is 24.4. The molecule has 0 atom stereocenters. The fraction of sp³-hybridized carbons (Fsp3) is 0.200. The Kier molecular flexibility index (Phi) is 9.73. The Balaban J connectivity index is 0.00000423. The topological polar surface area (TPSA) is 165 Å². The minimum atomic E-state index is -0.406. The molecule has 6 N–H and O–H groups in total. The summed E-state index contributed by atoms with van der Waals surface area (Å²) in [6.07, 6.45) is 0. The molecule has 0 aromatic heterocycles. The number of hydrogen-bond acceptors (Lipinski definition) is 8. The molecule has 3 aromatic rings. The van der Waals surface area contributed by atoms with E-state index in [2.05, 4.69) is 41.9 Å². The fourth-order valence-corrected chi connectivity index (χ4v) is 4.59. The molecule has 222 valence electrons. The first-order valence-corrected chi connectivity index (χ1v) is 13.4. The third-order valence-electron chi connectivity index (χ3n) is 6.66. The van der Waals surface area contributed by atoms with Crippen molar-refractivity contribution in [3.63, 3.8) is 0 Å². The number of aliphatic imine (C=N–C) groups is 2. The van der Waals surface area contributed by atoms with Crippen molar-refractivity contribution < 1.29 is 19.2 Å². The Morgan fingerprint density at radius 3 is 1.30 bits per heavy atom. The molecule has 5 rings (SSSR count). The summed E-state index contributed by atoms with van der Waals surface area (Å²) in [5.74, 6) is -0.0742. The van der Waals surface area contributed by atoms with Crippen LogP contribution in [-0.4, -0.2) is 75.6 Å². The lowest BCUT2D eigenvalue weighted by Gasteiger charge is -2.12. The van der Waals surface area contributed by atoms with E-state index in [0.717, 1.165) is 0 Å². The van der Waals surface area contributed by atoms with Crippen molar-refractivity contribution >= 4 is 59.1 Å². The summed E-state index contributed by atoms with van der Waals surface area (Å²) >= 11 is 0. The number of amides is 4. The quantitative estimate of drug-likeness (QED) is 0.231. The van der Waals surface area contributed by atoms with Gasteiger partial charge in [0.05, 0.1) is 13.1 Å². The summed E-state index contributed by atoms with van der Waals surface area (Å²) in [4.78, 5) is 59.6. The van der Waals surface area contributed by atoms with E-state index in [-0.39, 0.29) is 24.2 Å². The number of rotatable bonds is 8. The highest BCUT2D eigenvalue weighted by Crippen LogP contribution is 2.20. The summed E-state index contributed by atoms with van der Waals surface area (Å²) in [5.41, 5.74) is 3.66. The molecule has 0 saturated carbocycles. The number of carbonyl (C=O) groups is 4. The Morgan fingerprint density at radius 1 is 0.581 bits per heavy atom. The van der Waals surface area contributed by atoms with Crippen LogP contribution in [0.25, 0.3) is 0 Å². The molecule has 0 bridgehead atoms. The van der Waals surface area contributed by atoms with Crippen LogP contribution in [0.15, 0.2) is 70.6 Å². The lowest BCUT2D eigenvalue weighted by molar-refractivity contribution is 0.0955. The molecule has 0 aliphatic carbocycles. The van der Waals surface area contributed by atoms with Gasteiger partial charge in [0.1, 0.15) is 11.7 Å². The van der Waals surface area contributed by atoms with E-state index in [4.69, 9.17) is 0 Å². The van der Waals surface area contributed by atoms with Crippen molar-refractivity contribution in [1.82, 2.24) is 21.3 Å². The first kappa shape index (κ1) is 30.7. The van der Waals surface area contributed by atoms with Gasteiger partial charge in [0.25, 0.3) is 23.6 Å². The van der Waals surface area contributed by atoms with Crippen molar-refractivity contribution in [3.8, 4) is 0 Å². The van der Waals surface area contributed by atoms with Crippen LogP contribution in [0.3, 0.4) is 0 Å². The molecular formula is C30H31ClN8O4. The van der Waals surface area contributed by atoms with Crippen molar-refractivity contribution in [3.05, 3.63) is 94.0 Å². The first-order valence-electron chi connectivity index (χ1n) is 13.4. The second-order valence-electron chi connectivity index (χ2n) is 9.56. The smallest absolute Gasteiger partial charge is 0.255 e. The maximum atomic E-state index is 13.0. The molecule has 0 unspecified atom stereocenters. The third kappa shape index (κ3) is 7.16. The molecule has 43 heavy (non-hydrogen) atoms. The second kappa shape index (κ2) is 13.6. The van der Waals surface area contributed by atoms with Crippen LogP contribution in [0.5, 0.6) is 0 Å². The van der Waals surface area contributed by atoms with Gasteiger partial charge in [-0.3, -0.25) is 29.2 Å². The van der Waals surface area contributed by atoms with E-state index >= 15 is 0 Å². The van der Waals surface area contributed by atoms with Crippen LogP contribution < -0.4 is 31.9 Å². The number of nitrogens with one attached hydrogen (secondary N) is 6. The zero-order valence-electron chi connectivity index (χ0n) is 23.5. The van der Waals surface area contributed by atoms with Crippen LogP contribution in [0, 0.1) is 0 Å². The van der Waals surface area contributed by atoms with E-state index in [1.165, 1.54) is 14.1 Å². The average Bonchev–Trinajstić information content (AvgIpc) is 3.75. The van der Waals surface area contributed by atoms with Crippen molar-refractivity contribution in [2.24, 2.45) is 9.98 Å². The largest absolute Gasteiger partial charge is 0.368 e. The minimum absolute atomic E-state index is 0. The van der Waals surface area contributed by atoms with Crippen LogP contribution in [0.2, 0.25) is 0 Å². The van der Waals surface area contributed by atoms with Crippen molar-refractivity contribution in [1.29, 1.82) is 0 Å². The summed E-state index contributed by atoms with van der Waals surface area (Å²) in [6.45, 7) is 2.67. The number of benzene rings is 3. The SMILES string of the molecule is CNC(=O)c1cc(NC(=O)c2ccc(C(=O)Nc3cc(C(=O)NC)cc(C4=NCCN4)c3)cc2)cc(C2=NCCN2)c1.Cl. The number of amidine groups is 2. The first-order chi connectivity index (χ1) is 20.3. The van der Waals surface area contributed by atoms with Gasteiger partial charge in [-0.25, -0.2) is 0 Å². The number of anilines is 2. The summed E-state index contributed by atoms with van der Waals surface area (Å²) in [6, 6.07) is 16.3. The standard InChI is InChI=1S/C30H30N8O4.ClH/c1-31-27(39)21-11-19(25-33-7-8-34-25)13-23(15-21)37-29(41)17-3-5-18(6-4-17)30(42)38-24-14-20(26-35-9-10-36-26)12-22(16-24)28(40)32-2;/h3-6,11-16H,7-10H2,1-2H3,(H,31,39)(H,32,40)(H,33,34)(H,35,36)(H,37,41)(H,38,42);1H. The highest BCUT2D eigenvalue weighted by Gasteiger charge is 2.17. The number of halogens is 1. The molecule has 0 spiro atoms. The maximum Gasteiger partial charge on any atom is 0.255 e. The molecule has 13 heteroatoms. The number of carbonyl (C=O) groups excluding carboxylic acids is 4. The lowest BCUT2D eigenvalue weighted by atomic mass is 10.1. The lowest BCUT2D eigenvalue weighted by Crippen LogP contribution is -2.23. The Hall–Kier alpha value is -5.23. The van der Waals surface area contributed by atoms with Gasteiger partial charge in [-0.1, -0.05) is 0 Å². The van der Waals surface area contributed by atoms with Crippen LogP contribution in [-0.2, 0) is 0 Å². The molecule has 2 aliphatic rings. The van der Waals surface area contributed by atoms with E-state index in [1.54, 1.807) is 60.7 Å². The molecule has 12 nitrogen and oxygen atoms in total. The highest BCUT2D eigenvalue weighted by atomic mass is 35.5. The Bertz CT molecular complexity index is 1520. The van der Waals surface area contributed by atoms with Crippen LogP contribution in [0.1, 0.15) is 52.6 Å². The number of hydrogen-bond donors (Lipinski definition) is 6. The molecule has 4 amide bonds. The summed E-state index contributed by atoms with van der Waals surface area (Å²) in [5, 5.41) is 17.2. The van der Waals surface area contributed by atoms with E-state index in [9.17, 15) is 19.2 Å². The number of nitrogens with zero attached hydrogens (tertiary/aromatic N) is 2. The van der Waals surface area contributed by atoms with Crippen molar-refractivity contribution in [2.75, 3.05) is 50.9 Å². The summed E-state index contributed by atoms with van der Waals surface area (Å²) in [7, 11) is 3.07. The van der Waals surface area contributed by atoms with Gasteiger partial charge < -0.3 is 31.9 Å². The van der Waals surface area contributed by atoms with Crippen LogP contribution >= 0.6 is 12.4 Å². The van der Waals surface area contributed by atoms with E-state index in [0.29, 0.717) is 82.6 Å². The maximum absolute atomic E-state index is 13.0. The molecule has 0 fully saturated rings. The molecular weight excluding hydrogens is 572 g/mol. The predicted octanol–water partition coefficient (Wildman–Crippen LogP) is 2.03. The molecule has 2 heterocycles. The van der Waals surface area contributed by atoms with Gasteiger partial charge in [0.15, 0.2) is 0 Å². The van der Waals surface area contributed by atoms with E-state index in [1.807, 2.05) is 0 Å². The van der Waals surface area contributed by atoms with Gasteiger partial charge in [-0.15, -0.1) is 12.4 Å². The predicted molar refractivity (Wildman–Crippen MR) is 168 cm³/mol. The average molecular weight is 603 g/mol. The Morgan fingerprint density at radius 2 is 0.977 bits per heavy atom. The fourth-order valence-electron chi connectivity index (χ4n) is 4.59. The highest BCUT2D eigenvalue weighted by molar-refractivity contribution is 6.10. The molecule has 0 saturated heterocycles. The normalized spacial score (nSPS) is 13.3. The van der Waals surface area contributed by atoms with Gasteiger partial charge in [-0.2, -0.15) is 0 Å². The molecule has 0 radical (unpaired) electrons. The van der Waals surface area contributed by atoms with Gasteiger partial charge in [-0.05, 0) is 60.7 Å². The Labute approximate surface area is 254 Å². The van der Waals surface area contributed by atoms with Crippen molar-refractivity contribution in [2.45, 2.75) is 0 Å². The van der Waals surface area contributed by atoms with Gasteiger partial charge >= 0.3 is 0 Å². The van der Waals surface area contributed by atoms with Gasteiger partial charge in [0, 0.05) is 71.9 Å².